The predicted molar refractivity (Wildman–Crippen MR) is 110 cm³/mol. The minimum absolute atomic E-state index is 0.0862. The summed E-state index contributed by atoms with van der Waals surface area (Å²) in [5.74, 6) is -2.22. The first-order valence-electron chi connectivity index (χ1n) is 10.3. The van der Waals surface area contributed by atoms with Crippen molar-refractivity contribution in [3.63, 3.8) is 0 Å². The molecule has 3 rings (SSSR count). The van der Waals surface area contributed by atoms with Crippen LogP contribution in [-0.2, 0) is 28.6 Å². The molecule has 0 bridgehead atoms. The lowest BCUT2D eigenvalue weighted by Crippen LogP contribution is -2.56. The van der Waals surface area contributed by atoms with E-state index >= 15 is 0 Å². The van der Waals surface area contributed by atoms with Crippen molar-refractivity contribution in [3.8, 4) is 0 Å². The number of benzene rings is 1. The molecular weight excluding hydrogens is 404 g/mol. The largest absolute Gasteiger partial charge is 0.457 e. The van der Waals surface area contributed by atoms with E-state index in [2.05, 4.69) is 0 Å². The summed E-state index contributed by atoms with van der Waals surface area (Å²) in [6.07, 6.45) is -1.89. The van der Waals surface area contributed by atoms with Crippen LogP contribution in [0, 0.1) is 0 Å². The third-order valence-corrected chi connectivity index (χ3v) is 4.88. The number of hydrogen-bond donors (Lipinski definition) is 0. The molecule has 0 radical (unpaired) electrons. The summed E-state index contributed by atoms with van der Waals surface area (Å²) < 4.78 is 16.0. The molecular formula is C22H28N2O7. The number of hydrogen-bond acceptors (Lipinski definition) is 7. The van der Waals surface area contributed by atoms with Gasteiger partial charge in [0.25, 0.3) is 11.8 Å². The second-order valence-corrected chi connectivity index (χ2v) is 8.54. The number of ether oxygens (including phenoxy) is 3. The summed E-state index contributed by atoms with van der Waals surface area (Å²) in [4.78, 5) is 53.1. The fraction of sp³-hybridized carbons (Fsp3) is 0.545. The smallest absolute Gasteiger partial charge is 0.351 e. The lowest BCUT2D eigenvalue weighted by atomic mass is 10.1. The van der Waals surface area contributed by atoms with Gasteiger partial charge in [-0.3, -0.25) is 14.4 Å². The standard InChI is InChI=1S/C22H28N2O7/c1-14(25)30-18(21(28)31-22(2,3)4)17-20(27)24(11-12-29-17)16-8-5-7-15(13-16)19(26)23-9-6-10-23/h5,7-8,13,17-18H,6,9-12H2,1-4H3/t17-,18-/m1/s1. The number of morpholine rings is 1. The highest BCUT2D eigenvalue weighted by Crippen LogP contribution is 2.25. The average Bonchev–Trinajstić information content (AvgIpc) is 2.63. The van der Waals surface area contributed by atoms with Gasteiger partial charge in [0.1, 0.15) is 5.60 Å². The van der Waals surface area contributed by atoms with E-state index in [9.17, 15) is 19.2 Å². The van der Waals surface area contributed by atoms with Crippen LogP contribution in [0.5, 0.6) is 0 Å². The molecule has 0 aromatic heterocycles. The minimum Gasteiger partial charge on any atom is -0.457 e. The van der Waals surface area contributed by atoms with Gasteiger partial charge >= 0.3 is 11.9 Å². The van der Waals surface area contributed by atoms with E-state index in [-0.39, 0.29) is 19.1 Å². The number of esters is 2. The van der Waals surface area contributed by atoms with Gasteiger partial charge in [-0.1, -0.05) is 6.07 Å². The third kappa shape index (κ3) is 5.41. The first-order chi connectivity index (χ1) is 14.6. The topological polar surface area (TPSA) is 102 Å². The number of rotatable bonds is 5. The molecule has 2 aliphatic rings. The number of anilines is 1. The lowest BCUT2D eigenvalue weighted by Gasteiger charge is -2.36. The first kappa shape index (κ1) is 22.7. The molecule has 2 aliphatic heterocycles. The zero-order chi connectivity index (χ0) is 22.8. The Morgan fingerprint density at radius 2 is 1.87 bits per heavy atom. The van der Waals surface area contributed by atoms with Gasteiger partial charge in [0.15, 0.2) is 6.10 Å². The lowest BCUT2D eigenvalue weighted by molar-refractivity contribution is -0.188. The van der Waals surface area contributed by atoms with E-state index in [0.717, 1.165) is 26.4 Å². The Morgan fingerprint density at radius 3 is 2.45 bits per heavy atom. The molecule has 0 N–H and O–H groups in total. The van der Waals surface area contributed by atoms with E-state index in [4.69, 9.17) is 14.2 Å². The molecule has 9 heteroatoms. The highest BCUT2D eigenvalue weighted by Gasteiger charge is 2.44. The second-order valence-electron chi connectivity index (χ2n) is 8.54. The first-order valence-corrected chi connectivity index (χ1v) is 10.3. The van der Waals surface area contributed by atoms with Gasteiger partial charge in [-0.05, 0) is 45.4 Å². The summed E-state index contributed by atoms with van der Waals surface area (Å²) in [7, 11) is 0. The molecule has 0 unspecified atom stereocenters. The maximum atomic E-state index is 13.2. The maximum Gasteiger partial charge on any atom is 0.351 e. The number of amides is 2. The quantitative estimate of drug-likeness (QED) is 0.650. The van der Waals surface area contributed by atoms with Crippen LogP contribution in [0.3, 0.4) is 0 Å². The van der Waals surface area contributed by atoms with Crippen molar-refractivity contribution in [2.24, 2.45) is 0 Å². The van der Waals surface area contributed by atoms with Crippen LogP contribution in [0.2, 0.25) is 0 Å². The molecule has 2 heterocycles. The molecule has 2 fully saturated rings. The SMILES string of the molecule is CC(=O)O[C@@H](C(=O)OC(C)(C)C)[C@H]1OCCN(c2cccc(C(=O)N3CCC3)c2)C1=O. The molecule has 168 valence electrons. The third-order valence-electron chi connectivity index (χ3n) is 4.88. The van der Waals surface area contributed by atoms with E-state index in [1.807, 2.05) is 0 Å². The van der Waals surface area contributed by atoms with Crippen LogP contribution >= 0.6 is 0 Å². The average molecular weight is 432 g/mol. The van der Waals surface area contributed by atoms with Crippen LogP contribution in [-0.4, -0.2) is 72.7 Å². The van der Waals surface area contributed by atoms with Crippen molar-refractivity contribution in [3.05, 3.63) is 29.8 Å². The predicted octanol–water partition coefficient (Wildman–Crippen LogP) is 1.54. The summed E-state index contributed by atoms with van der Waals surface area (Å²) in [5, 5.41) is 0. The summed E-state index contributed by atoms with van der Waals surface area (Å²) in [5.41, 5.74) is 0.158. The molecule has 1 aromatic carbocycles. The summed E-state index contributed by atoms with van der Waals surface area (Å²) in [6, 6.07) is 6.77. The number of nitrogens with zero attached hydrogens (tertiary/aromatic N) is 2. The Labute approximate surface area is 181 Å². The molecule has 0 saturated carbocycles. The summed E-state index contributed by atoms with van der Waals surface area (Å²) >= 11 is 0. The van der Waals surface area contributed by atoms with Gasteiger partial charge in [0.05, 0.1) is 6.61 Å². The minimum atomic E-state index is -1.53. The van der Waals surface area contributed by atoms with Crippen molar-refractivity contribution in [2.75, 3.05) is 31.1 Å². The number of carbonyl (C=O) groups excluding carboxylic acids is 4. The Balaban J connectivity index is 1.83. The zero-order valence-corrected chi connectivity index (χ0v) is 18.3. The Morgan fingerprint density at radius 1 is 1.16 bits per heavy atom. The number of carbonyl (C=O) groups is 4. The summed E-state index contributed by atoms with van der Waals surface area (Å²) in [6.45, 7) is 7.97. The van der Waals surface area contributed by atoms with Gasteiger partial charge in [-0.2, -0.15) is 0 Å². The zero-order valence-electron chi connectivity index (χ0n) is 18.3. The van der Waals surface area contributed by atoms with Crippen LogP contribution in [0.1, 0.15) is 44.5 Å². The molecule has 0 aliphatic carbocycles. The normalized spacial score (nSPS) is 20.0. The van der Waals surface area contributed by atoms with Crippen molar-refractivity contribution in [1.82, 2.24) is 4.90 Å². The van der Waals surface area contributed by atoms with E-state index < -0.39 is 35.7 Å². The fourth-order valence-corrected chi connectivity index (χ4v) is 3.36. The Bertz CT molecular complexity index is 873. The van der Waals surface area contributed by atoms with Crippen LogP contribution in [0.4, 0.5) is 5.69 Å². The van der Waals surface area contributed by atoms with Crippen molar-refractivity contribution >= 4 is 29.4 Å². The van der Waals surface area contributed by atoms with Gasteiger partial charge in [-0.25, -0.2) is 4.79 Å². The Kier molecular flexibility index (Phi) is 6.64. The molecule has 1 aromatic rings. The van der Waals surface area contributed by atoms with Gasteiger partial charge in [-0.15, -0.1) is 0 Å². The van der Waals surface area contributed by atoms with Gasteiger partial charge in [0.2, 0.25) is 6.10 Å². The number of likely N-dealkylation sites (tertiary alicyclic amines) is 1. The van der Waals surface area contributed by atoms with Crippen LogP contribution in [0.15, 0.2) is 24.3 Å². The van der Waals surface area contributed by atoms with Crippen molar-refractivity contribution in [2.45, 2.75) is 51.9 Å². The van der Waals surface area contributed by atoms with Crippen molar-refractivity contribution < 1.29 is 33.4 Å². The van der Waals surface area contributed by atoms with Crippen LogP contribution in [0.25, 0.3) is 0 Å². The molecule has 2 amide bonds. The van der Waals surface area contributed by atoms with Gasteiger partial charge in [0, 0.05) is 37.8 Å². The molecule has 31 heavy (non-hydrogen) atoms. The van der Waals surface area contributed by atoms with Crippen molar-refractivity contribution in [1.29, 1.82) is 0 Å². The molecule has 2 atom stereocenters. The monoisotopic (exact) mass is 432 g/mol. The second kappa shape index (κ2) is 9.05. The highest BCUT2D eigenvalue weighted by atomic mass is 16.6. The molecule has 2 saturated heterocycles. The molecule has 0 spiro atoms. The molecule has 9 nitrogen and oxygen atoms in total. The Hall–Kier alpha value is -2.94. The fourth-order valence-electron chi connectivity index (χ4n) is 3.36. The van der Waals surface area contributed by atoms with Crippen LogP contribution < -0.4 is 4.90 Å². The van der Waals surface area contributed by atoms with E-state index in [1.165, 1.54) is 4.90 Å². The van der Waals surface area contributed by atoms with E-state index in [0.29, 0.717) is 11.3 Å². The maximum absolute atomic E-state index is 13.2. The van der Waals surface area contributed by atoms with Gasteiger partial charge < -0.3 is 24.0 Å². The highest BCUT2D eigenvalue weighted by molar-refractivity contribution is 6.02. The van der Waals surface area contributed by atoms with E-state index in [1.54, 1.807) is 49.9 Å².